The van der Waals surface area contributed by atoms with E-state index in [1.165, 1.54) is 0 Å². The van der Waals surface area contributed by atoms with Crippen molar-refractivity contribution in [1.82, 2.24) is 4.98 Å². The van der Waals surface area contributed by atoms with Crippen molar-refractivity contribution < 1.29 is 9.52 Å². The van der Waals surface area contributed by atoms with Crippen molar-refractivity contribution in [3.8, 4) is 0 Å². The molecular weight excluding hydrogens is 210 g/mol. The highest BCUT2D eigenvalue weighted by molar-refractivity contribution is 9.10. The molecule has 0 bridgehead atoms. The number of hydrogen-bond donors (Lipinski definition) is 1. The van der Waals surface area contributed by atoms with Crippen LogP contribution in [0.2, 0.25) is 0 Å². The lowest BCUT2D eigenvalue weighted by molar-refractivity contribution is 0.275. The van der Waals surface area contributed by atoms with Crippen molar-refractivity contribution in [3.05, 3.63) is 16.3 Å². The second kappa shape index (κ2) is 3.88. The fourth-order valence-corrected chi connectivity index (χ4v) is 1.20. The van der Waals surface area contributed by atoms with Crippen LogP contribution in [0.4, 0.5) is 0 Å². The Balaban J connectivity index is 2.77. The van der Waals surface area contributed by atoms with Gasteiger partial charge >= 0.3 is 0 Å². The Labute approximate surface area is 73.6 Å². The maximum absolute atomic E-state index is 8.75. The molecule has 0 aliphatic carbocycles. The molecule has 0 spiro atoms. The van der Waals surface area contributed by atoms with Crippen LogP contribution in [0.3, 0.4) is 0 Å². The quantitative estimate of drug-likeness (QED) is 0.845. The Morgan fingerprint density at radius 2 is 2.36 bits per heavy atom. The zero-order chi connectivity index (χ0) is 8.27. The molecule has 4 heteroatoms. The van der Waals surface area contributed by atoms with Gasteiger partial charge in [-0.05, 0) is 22.4 Å². The average molecular weight is 220 g/mol. The summed E-state index contributed by atoms with van der Waals surface area (Å²) in [4.78, 5) is 4.05. The van der Waals surface area contributed by atoms with Crippen LogP contribution in [-0.4, -0.2) is 10.1 Å². The summed E-state index contributed by atoms with van der Waals surface area (Å²) in [5, 5.41) is 8.75. The van der Waals surface area contributed by atoms with Crippen LogP contribution in [0.1, 0.15) is 24.9 Å². The van der Waals surface area contributed by atoms with Crippen LogP contribution in [0, 0.1) is 0 Å². The van der Waals surface area contributed by atoms with Gasteiger partial charge in [0, 0.05) is 6.42 Å². The molecule has 1 aromatic heterocycles. The molecule has 0 fully saturated rings. The minimum atomic E-state index is -0.0756. The standard InChI is InChI=1S/C7H10BrNO2/c1-2-3-6-9-5(4-10)7(8)11-6/h10H,2-4H2,1H3. The number of aromatic nitrogens is 1. The van der Waals surface area contributed by atoms with E-state index >= 15 is 0 Å². The first-order valence-electron chi connectivity index (χ1n) is 3.52. The lowest BCUT2D eigenvalue weighted by Gasteiger charge is -1.85. The third-order valence-corrected chi connectivity index (χ3v) is 1.93. The van der Waals surface area contributed by atoms with Gasteiger partial charge in [0.2, 0.25) is 0 Å². The van der Waals surface area contributed by atoms with Gasteiger partial charge in [-0.3, -0.25) is 0 Å². The largest absolute Gasteiger partial charge is 0.434 e. The molecule has 1 rings (SSSR count). The van der Waals surface area contributed by atoms with E-state index in [2.05, 4.69) is 27.8 Å². The van der Waals surface area contributed by atoms with Crippen LogP contribution in [0.15, 0.2) is 9.09 Å². The van der Waals surface area contributed by atoms with Gasteiger partial charge in [-0.2, -0.15) is 0 Å². The van der Waals surface area contributed by atoms with Crippen molar-refractivity contribution in [2.45, 2.75) is 26.4 Å². The average Bonchev–Trinajstić information content (AvgIpc) is 2.32. The summed E-state index contributed by atoms with van der Waals surface area (Å²) in [6, 6.07) is 0. The van der Waals surface area contributed by atoms with Crippen LogP contribution in [0.25, 0.3) is 0 Å². The maximum atomic E-state index is 8.75. The van der Waals surface area contributed by atoms with E-state index in [1.54, 1.807) is 0 Å². The highest BCUT2D eigenvalue weighted by atomic mass is 79.9. The molecule has 62 valence electrons. The van der Waals surface area contributed by atoms with E-state index in [0.29, 0.717) is 16.3 Å². The highest BCUT2D eigenvalue weighted by Gasteiger charge is 2.07. The minimum absolute atomic E-state index is 0.0756. The second-order valence-electron chi connectivity index (χ2n) is 2.24. The van der Waals surface area contributed by atoms with Crippen molar-refractivity contribution in [2.75, 3.05) is 0 Å². The van der Waals surface area contributed by atoms with Crippen LogP contribution >= 0.6 is 15.9 Å². The van der Waals surface area contributed by atoms with Gasteiger partial charge in [0.15, 0.2) is 10.6 Å². The Kier molecular flexibility index (Phi) is 3.08. The summed E-state index contributed by atoms with van der Waals surface area (Å²) >= 11 is 3.16. The molecule has 0 saturated heterocycles. The van der Waals surface area contributed by atoms with Crippen molar-refractivity contribution >= 4 is 15.9 Å². The maximum Gasteiger partial charge on any atom is 0.196 e. The van der Waals surface area contributed by atoms with Crippen molar-refractivity contribution in [3.63, 3.8) is 0 Å². The number of hydrogen-bond acceptors (Lipinski definition) is 3. The summed E-state index contributed by atoms with van der Waals surface area (Å²) in [7, 11) is 0. The van der Waals surface area contributed by atoms with E-state index in [0.717, 1.165) is 12.8 Å². The topological polar surface area (TPSA) is 46.3 Å². The summed E-state index contributed by atoms with van der Waals surface area (Å²) in [5.41, 5.74) is 0.577. The summed E-state index contributed by atoms with van der Waals surface area (Å²) in [5.74, 6) is 0.684. The molecular formula is C7H10BrNO2. The molecule has 0 aromatic carbocycles. The van der Waals surface area contributed by atoms with E-state index in [4.69, 9.17) is 9.52 Å². The molecule has 1 heterocycles. The third-order valence-electron chi connectivity index (χ3n) is 1.31. The number of aryl methyl sites for hydroxylation is 1. The molecule has 0 unspecified atom stereocenters. The number of aliphatic hydroxyl groups is 1. The Morgan fingerprint density at radius 3 is 2.82 bits per heavy atom. The predicted molar refractivity (Wildman–Crippen MR) is 44.1 cm³/mol. The predicted octanol–water partition coefficient (Wildman–Crippen LogP) is 1.88. The first kappa shape index (κ1) is 8.74. The lowest BCUT2D eigenvalue weighted by atomic mass is 10.3. The van der Waals surface area contributed by atoms with Crippen LogP contribution < -0.4 is 0 Å². The zero-order valence-corrected chi connectivity index (χ0v) is 7.89. The van der Waals surface area contributed by atoms with Gasteiger partial charge < -0.3 is 9.52 Å². The summed E-state index contributed by atoms with van der Waals surface area (Å²) in [6.45, 7) is 1.98. The Hall–Kier alpha value is -0.350. The molecule has 0 radical (unpaired) electrons. The molecule has 1 N–H and O–H groups in total. The number of rotatable bonds is 3. The van der Waals surface area contributed by atoms with Gasteiger partial charge in [-0.1, -0.05) is 6.92 Å². The fourth-order valence-electron chi connectivity index (χ4n) is 0.798. The van der Waals surface area contributed by atoms with E-state index in [-0.39, 0.29) is 6.61 Å². The fraction of sp³-hybridized carbons (Fsp3) is 0.571. The SMILES string of the molecule is CCCc1nc(CO)c(Br)o1. The van der Waals surface area contributed by atoms with Crippen LogP contribution in [-0.2, 0) is 13.0 Å². The number of nitrogens with zero attached hydrogens (tertiary/aromatic N) is 1. The Bertz CT molecular complexity index is 234. The first-order valence-corrected chi connectivity index (χ1v) is 4.32. The second-order valence-corrected chi connectivity index (χ2v) is 2.96. The number of halogens is 1. The lowest BCUT2D eigenvalue weighted by Crippen LogP contribution is -1.86. The molecule has 11 heavy (non-hydrogen) atoms. The molecule has 0 saturated carbocycles. The summed E-state index contributed by atoms with van der Waals surface area (Å²) < 4.78 is 5.74. The van der Waals surface area contributed by atoms with E-state index in [9.17, 15) is 0 Å². The molecule has 1 aromatic rings. The van der Waals surface area contributed by atoms with Crippen molar-refractivity contribution in [2.24, 2.45) is 0 Å². The zero-order valence-electron chi connectivity index (χ0n) is 6.30. The van der Waals surface area contributed by atoms with E-state index in [1.807, 2.05) is 0 Å². The minimum Gasteiger partial charge on any atom is -0.434 e. The van der Waals surface area contributed by atoms with Crippen molar-refractivity contribution in [1.29, 1.82) is 0 Å². The highest BCUT2D eigenvalue weighted by Crippen LogP contribution is 2.18. The van der Waals surface area contributed by atoms with Gasteiger partial charge in [0.05, 0.1) is 6.61 Å². The van der Waals surface area contributed by atoms with Gasteiger partial charge in [-0.15, -0.1) is 0 Å². The van der Waals surface area contributed by atoms with Gasteiger partial charge in [0.25, 0.3) is 0 Å². The third kappa shape index (κ3) is 2.04. The number of oxazole rings is 1. The van der Waals surface area contributed by atoms with Gasteiger partial charge in [-0.25, -0.2) is 4.98 Å². The monoisotopic (exact) mass is 219 g/mol. The molecule has 3 nitrogen and oxygen atoms in total. The number of aliphatic hydroxyl groups excluding tert-OH is 1. The smallest absolute Gasteiger partial charge is 0.196 e. The Morgan fingerprint density at radius 1 is 1.64 bits per heavy atom. The van der Waals surface area contributed by atoms with Crippen LogP contribution in [0.5, 0.6) is 0 Å². The first-order chi connectivity index (χ1) is 5.27. The van der Waals surface area contributed by atoms with Gasteiger partial charge in [0.1, 0.15) is 5.69 Å². The molecule has 0 atom stereocenters. The van der Waals surface area contributed by atoms with E-state index < -0.39 is 0 Å². The molecule has 0 aliphatic heterocycles. The normalized spacial score (nSPS) is 10.5. The summed E-state index contributed by atoms with van der Waals surface area (Å²) in [6.07, 6.45) is 1.82. The molecule has 0 amide bonds. The molecule has 0 aliphatic rings.